The second-order valence-corrected chi connectivity index (χ2v) is 5.31. The molecular formula is C15H23NO3. The third kappa shape index (κ3) is 5.30. The Labute approximate surface area is 114 Å². The Balaban J connectivity index is 2.45. The van der Waals surface area contributed by atoms with Crippen LogP contribution in [0.5, 0.6) is 0 Å². The predicted molar refractivity (Wildman–Crippen MR) is 76.0 cm³/mol. The van der Waals surface area contributed by atoms with Gasteiger partial charge in [-0.2, -0.15) is 0 Å². The van der Waals surface area contributed by atoms with E-state index in [4.69, 9.17) is 15.2 Å². The molecule has 0 aliphatic heterocycles. The Morgan fingerprint density at radius 3 is 2.68 bits per heavy atom. The van der Waals surface area contributed by atoms with E-state index in [1.54, 1.807) is 7.11 Å². The Bertz CT molecular complexity index is 441. The number of benzene rings is 1. The van der Waals surface area contributed by atoms with Crippen LogP contribution in [0.4, 0.5) is 5.69 Å². The summed E-state index contributed by atoms with van der Waals surface area (Å²) in [6.07, 6.45) is 0.874. The van der Waals surface area contributed by atoms with Crippen molar-refractivity contribution in [2.24, 2.45) is 0 Å². The van der Waals surface area contributed by atoms with Gasteiger partial charge in [-0.25, -0.2) is 0 Å². The lowest BCUT2D eigenvalue weighted by Gasteiger charge is -2.22. The highest BCUT2D eigenvalue weighted by molar-refractivity contribution is 5.75. The Morgan fingerprint density at radius 2 is 2.05 bits per heavy atom. The highest BCUT2D eigenvalue weighted by atomic mass is 16.5. The van der Waals surface area contributed by atoms with E-state index in [0.29, 0.717) is 18.7 Å². The van der Waals surface area contributed by atoms with Gasteiger partial charge in [0, 0.05) is 19.2 Å². The molecule has 0 heterocycles. The molecule has 0 spiro atoms. The zero-order valence-corrected chi connectivity index (χ0v) is 12.2. The molecule has 0 fully saturated rings. The molecule has 0 saturated carbocycles. The molecular weight excluding hydrogens is 242 g/mol. The lowest BCUT2D eigenvalue weighted by atomic mass is 10.1. The number of methoxy groups -OCH3 is 1. The molecule has 1 aromatic rings. The number of hydrogen-bond donors (Lipinski definition) is 1. The van der Waals surface area contributed by atoms with Crippen molar-refractivity contribution < 1.29 is 14.3 Å². The number of carbonyl (C=O) groups excluding carboxylic acids is 1. The molecule has 0 aromatic heterocycles. The van der Waals surface area contributed by atoms with Crippen LogP contribution in [0, 0.1) is 6.92 Å². The average molecular weight is 265 g/mol. The Kier molecular flexibility index (Phi) is 5.36. The van der Waals surface area contributed by atoms with Gasteiger partial charge >= 0.3 is 5.97 Å². The lowest BCUT2D eigenvalue weighted by molar-refractivity contribution is -0.144. The minimum Gasteiger partial charge on any atom is -0.465 e. The SMILES string of the molecule is COC(C)(C)CCOC(=O)Cc1cc(C)ccc1N. The van der Waals surface area contributed by atoms with E-state index < -0.39 is 0 Å². The van der Waals surface area contributed by atoms with E-state index in [1.807, 2.05) is 39.0 Å². The molecule has 4 nitrogen and oxygen atoms in total. The minimum atomic E-state index is -0.275. The van der Waals surface area contributed by atoms with E-state index >= 15 is 0 Å². The first-order chi connectivity index (χ1) is 8.84. The Hall–Kier alpha value is -1.55. The van der Waals surface area contributed by atoms with E-state index in [0.717, 1.165) is 11.1 Å². The van der Waals surface area contributed by atoms with Crippen LogP contribution < -0.4 is 5.73 Å². The molecule has 2 N–H and O–H groups in total. The summed E-state index contributed by atoms with van der Waals surface area (Å²) in [5.41, 5.74) is 8.08. The van der Waals surface area contributed by atoms with Gasteiger partial charge in [0.1, 0.15) is 0 Å². The lowest BCUT2D eigenvalue weighted by Crippen LogP contribution is -2.25. The summed E-state index contributed by atoms with van der Waals surface area (Å²) in [5, 5.41) is 0. The third-order valence-electron chi connectivity index (χ3n) is 3.15. The van der Waals surface area contributed by atoms with Gasteiger partial charge in [0.05, 0.1) is 18.6 Å². The molecule has 106 valence electrons. The van der Waals surface area contributed by atoms with Crippen molar-refractivity contribution in [2.45, 2.75) is 39.2 Å². The largest absolute Gasteiger partial charge is 0.465 e. The zero-order chi connectivity index (χ0) is 14.5. The second kappa shape index (κ2) is 6.57. The van der Waals surface area contributed by atoms with Gasteiger partial charge in [0.25, 0.3) is 0 Å². The number of anilines is 1. The maximum Gasteiger partial charge on any atom is 0.310 e. The fraction of sp³-hybridized carbons (Fsp3) is 0.533. The summed E-state index contributed by atoms with van der Waals surface area (Å²) >= 11 is 0. The molecule has 0 aliphatic carbocycles. The average Bonchev–Trinajstić information content (AvgIpc) is 2.33. The first-order valence-corrected chi connectivity index (χ1v) is 6.40. The van der Waals surface area contributed by atoms with Crippen molar-refractivity contribution >= 4 is 11.7 Å². The number of aryl methyl sites for hydroxylation is 1. The van der Waals surface area contributed by atoms with Crippen LogP contribution in [0.2, 0.25) is 0 Å². The van der Waals surface area contributed by atoms with Gasteiger partial charge in [0.2, 0.25) is 0 Å². The van der Waals surface area contributed by atoms with Crippen molar-refractivity contribution in [3.05, 3.63) is 29.3 Å². The van der Waals surface area contributed by atoms with Gasteiger partial charge in [-0.1, -0.05) is 17.7 Å². The van der Waals surface area contributed by atoms with Crippen LogP contribution in [0.25, 0.3) is 0 Å². The molecule has 0 unspecified atom stereocenters. The quantitative estimate of drug-likeness (QED) is 0.634. The molecule has 0 atom stereocenters. The van der Waals surface area contributed by atoms with Crippen LogP contribution in [0.3, 0.4) is 0 Å². The van der Waals surface area contributed by atoms with Crippen LogP contribution in [-0.2, 0) is 20.7 Å². The molecule has 0 amide bonds. The highest BCUT2D eigenvalue weighted by Gasteiger charge is 2.17. The fourth-order valence-electron chi connectivity index (χ4n) is 1.61. The fourth-order valence-corrected chi connectivity index (χ4v) is 1.61. The summed E-state index contributed by atoms with van der Waals surface area (Å²) in [6.45, 7) is 6.24. The molecule has 0 aliphatic rings. The number of esters is 1. The summed E-state index contributed by atoms with van der Waals surface area (Å²) in [4.78, 5) is 11.7. The van der Waals surface area contributed by atoms with Gasteiger partial charge in [-0.3, -0.25) is 4.79 Å². The molecule has 19 heavy (non-hydrogen) atoms. The van der Waals surface area contributed by atoms with Crippen LogP contribution >= 0.6 is 0 Å². The molecule has 0 bridgehead atoms. The van der Waals surface area contributed by atoms with Crippen molar-refractivity contribution in [3.63, 3.8) is 0 Å². The monoisotopic (exact) mass is 265 g/mol. The normalized spacial score (nSPS) is 11.4. The topological polar surface area (TPSA) is 61.5 Å². The first-order valence-electron chi connectivity index (χ1n) is 6.40. The van der Waals surface area contributed by atoms with Gasteiger partial charge < -0.3 is 15.2 Å². The van der Waals surface area contributed by atoms with Crippen LogP contribution in [0.15, 0.2) is 18.2 Å². The number of ether oxygens (including phenoxy) is 2. The number of nitrogens with two attached hydrogens (primary N) is 1. The summed E-state index contributed by atoms with van der Waals surface area (Å²) < 4.78 is 10.5. The van der Waals surface area contributed by atoms with Crippen LogP contribution in [-0.4, -0.2) is 25.3 Å². The van der Waals surface area contributed by atoms with E-state index in [1.165, 1.54) is 0 Å². The predicted octanol–water partition coefficient (Wildman–Crippen LogP) is 2.48. The smallest absolute Gasteiger partial charge is 0.310 e. The molecule has 4 heteroatoms. The minimum absolute atomic E-state index is 0.209. The zero-order valence-electron chi connectivity index (χ0n) is 12.2. The maximum absolute atomic E-state index is 11.7. The van der Waals surface area contributed by atoms with E-state index in [2.05, 4.69) is 0 Å². The first kappa shape index (κ1) is 15.5. The molecule has 1 rings (SSSR count). The number of nitrogen functional groups attached to an aromatic ring is 1. The Morgan fingerprint density at radius 1 is 1.37 bits per heavy atom. The summed E-state index contributed by atoms with van der Waals surface area (Å²) in [7, 11) is 1.65. The van der Waals surface area contributed by atoms with Crippen molar-refractivity contribution in [3.8, 4) is 0 Å². The number of carbonyl (C=O) groups is 1. The molecule has 0 saturated heterocycles. The standard InChI is InChI=1S/C15H23NO3/c1-11-5-6-13(16)12(9-11)10-14(17)19-8-7-15(2,3)18-4/h5-6,9H,7-8,10,16H2,1-4H3. The van der Waals surface area contributed by atoms with Gasteiger partial charge in [-0.15, -0.1) is 0 Å². The molecule has 0 radical (unpaired) electrons. The van der Waals surface area contributed by atoms with Crippen molar-refractivity contribution in [1.29, 1.82) is 0 Å². The summed E-state index contributed by atoms with van der Waals surface area (Å²) in [6, 6.07) is 5.65. The second-order valence-electron chi connectivity index (χ2n) is 5.31. The number of hydrogen-bond acceptors (Lipinski definition) is 4. The van der Waals surface area contributed by atoms with E-state index in [-0.39, 0.29) is 18.0 Å². The number of rotatable bonds is 6. The van der Waals surface area contributed by atoms with Gasteiger partial charge in [-0.05, 0) is 32.4 Å². The van der Waals surface area contributed by atoms with Crippen LogP contribution in [0.1, 0.15) is 31.4 Å². The maximum atomic E-state index is 11.7. The summed E-state index contributed by atoms with van der Waals surface area (Å²) in [5.74, 6) is -0.260. The van der Waals surface area contributed by atoms with Crippen molar-refractivity contribution in [2.75, 3.05) is 19.5 Å². The van der Waals surface area contributed by atoms with E-state index in [9.17, 15) is 4.79 Å². The van der Waals surface area contributed by atoms with Crippen molar-refractivity contribution in [1.82, 2.24) is 0 Å². The third-order valence-corrected chi connectivity index (χ3v) is 3.15. The molecule has 1 aromatic carbocycles. The highest BCUT2D eigenvalue weighted by Crippen LogP contribution is 2.16. The van der Waals surface area contributed by atoms with Gasteiger partial charge in [0.15, 0.2) is 0 Å².